The van der Waals surface area contributed by atoms with Crippen LogP contribution in [0.4, 0.5) is 5.82 Å². The Bertz CT molecular complexity index is 1550. The molecule has 3 aromatic rings. The summed E-state index contributed by atoms with van der Waals surface area (Å²) in [4.78, 5) is 32.3. The molecule has 2 fully saturated rings. The van der Waals surface area contributed by atoms with Crippen LogP contribution >= 0.6 is 11.6 Å². The lowest BCUT2D eigenvalue weighted by Crippen LogP contribution is -2.37. The highest BCUT2D eigenvalue weighted by atomic mass is 35.5. The molecule has 6 nitrogen and oxygen atoms in total. The first-order valence-electron chi connectivity index (χ1n) is 18.1. The predicted molar refractivity (Wildman–Crippen MR) is 204 cm³/mol. The highest BCUT2D eigenvalue weighted by Gasteiger charge is 2.41. The number of carbonyl (C=O) groups is 2. The Labute approximate surface area is 300 Å². The molecule has 0 radical (unpaired) electrons. The van der Waals surface area contributed by atoms with Gasteiger partial charge in [-0.3, -0.25) is 4.79 Å². The lowest BCUT2D eigenvalue weighted by molar-refractivity contribution is -0.137. The molecule has 2 aromatic carbocycles. The molecule has 0 saturated heterocycles. The van der Waals surface area contributed by atoms with Gasteiger partial charge < -0.3 is 15.6 Å². The van der Waals surface area contributed by atoms with Crippen LogP contribution in [0.15, 0.2) is 49.0 Å². The maximum Gasteiger partial charge on any atom is 0.303 e. The number of carboxylic acids is 1. The Morgan fingerprint density at radius 3 is 2.12 bits per heavy atom. The number of aldehydes is 1. The van der Waals surface area contributed by atoms with Crippen molar-refractivity contribution in [3.05, 3.63) is 93.4 Å². The molecule has 2 bridgehead atoms. The number of carbonyl (C=O) groups excluding carboxylic acids is 1. The number of halogens is 1. The summed E-state index contributed by atoms with van der Waals surface area (Å²) < 4.78 is 0. The summed E-state index contributed by atoms with van der Waals surface area (Å²) in [5.74, 6) is 2.92. The molecule has 2 aliphatic rings. The average Bonchev–Trinajstić information content (AvgIpc) is 3.07. The zero-order valence-corrected chi connectivity index (χ0v) is 31.8. The first-order chi connectivity index (χ1) is 23.2. The lowest BCUT2D eigenvalue weighted by Gasteiger charge is -2.48. The van der Waals surface area contributed by atoms with Crippen LogP contribution in [0.25, 0.3) is 5.57 Å². The van der Waals surface area contributed by atoms with E-state index in [0.717, 1.165) is 51.7 Å². The van der Waals surface area contributed by atoms with Gasteiger partial charge in [-0.1, -0.05) is 96.0 Å². The van der Waals surface area contributed by atoms with Gasteiger partial charge in [0, 0.05) is 28.3 Å². The minimum atomic E-state index is -1.07. The summed E-state index contributed by atoms with van der Waals surface area (Å²) in [6.45, 7) is 20.9. The van der Waals surface area contributed by atoms with Crippen LogP contribution in [0.2, 0.25) is 5.02 Å². The number of aromatic nitrogens is 2. The number of carboxylic acid groups (broad SMARTS) is 1. The van der Waals surface area contributed by atoms with E-state index in [-0.39, 0.29) is 12.2 Å². The van der Waals surface area contributed by atoms with Gasteiger partial charge in [0.1, 0.15) is 12.1 Å². The van der Waals surface area contributed by atoms with Crippen molar-refractivity contribution in [2.45, 2.75) is 119 Å². The van der Waals surface area contributed by atoms with Gasteiger partial charge in [0.2, 0.25) is 0 Å². The molecule has 2 aliphatic carbocycles. The van der Waals surface area contributed by atoms with Crippen molar-refractivity contribution in [2.75, 3.05) is 5.73 Å². The maximum absolute atomic E-state index is 12.3. The van der Waals surface area contributed by atoms with Gasteiger partial charge >= 0.3 is 5.97 Å². The topological polar surface area (TPSA) is 106 Å². The Kier molecular flexibility index (Phi) is 14.2. The minimum Gasteiger partial charge on any atom is -0.481 e. The molecular weight excluding hydrogens is 630 g/mol. The van der Waals surface area contributed by atoms with Crippen molar-refractivity contribution in [3.63, 3.8) is 0 Å². The number of nitrogens with zero attached hydrogens (tertiary/aromatic N) is 2. The number of rotatable bonds is 10. The van der Waals surface area contributed by atoms with Crippen LogP contribution in [-0.2, 0) is 21.4 Å². The van der Waals surface area contributed by atoms with Crippen LogP contribution in [0.1, 0.15) is 132 Å². The Morgan fingerprint density at radius 2 is 1.63 bits per heavy atom. The molecule has 5 rings (SSSR count). The molecule has 1 aromatic heterocycles. The van der Waals surface area contributed by atoms with Crippen LogP contribution < -0.4 is 5.73 Å². The Hall–Kier alpha value is -3.51. The second-order valence-electron chi connectivity index (χ2n) is 14.4. The van der Waals surface area contributed by atoms with Gasteiger partial charge in [0.05, 0.1) is 5.41 Å². The summed E-state index contributed by atoms with van der Waals surface area (Å²) in [6.07, 6.45) is 11.8. The smallest absolute Gasteiger partial charge is 0.303 e. The van der Waals surface area contributed by atoms with Crippen LogP contribution in [0, 0.1) is 37.0 Å². The second kappa shape index (κ2) is 17.4. The molecule has 2 unspecified atom stereocenters. The molecule has 1 heterocycles. The number of aliphatic carboxylic acids is 1. The van der Waals surface area contributed by atoms with Crippen LogP contribution in [0.5, 0.6) is 0 Å². The van der Waals surface area contributed by atoms with Crippen molar-refractivity contribution >= 4 is 35.2 Å². The Morgan fingerprint density at radius 1 is 1.04 bits per heavy atom. The normalized spacial score (nSPS) is 20.4. The zero-order chi connectivity index (χ0) is 36.5. The van der Waals surface area contributed by atoms with Gasteiger partial charge in [-0.15, -0.1) is 0 Å². The van der Waals surface area contributed by atoms with E-state index in [1.54, 1.807) is 39.2 Å². The molecule has 0 aliphatic heterocycles. The van der Waals surface area contributed by atoms with Gasteiger partial charge in [-0.05, 0) is 117 Å². The molecule has 3 N–H and O–H groups in total. The van der Waals surface area contributed by atoms with Crippen LogP contribution in [0.3, 0.4) is 0 Å². The van der Waals surface area contributed by atoms with E-state index in [1.165, 1.54) is 25.7 Å². The SMILES string of the molecule is C=C(c1nc(C)c([C@@](C)(C=O)c2ccc(CCC(=O)O)cc2)c(N)n1)c1ccc(Cl)cc1C.CC.CCC1(CC)CC2CC(C)CC(C2)C1. The van der Waals surface area contributed by atoms with Gasteiger partial charge in [-0.25, -0.2) is 9.97 Å². The van der Waals surface area contributed by atoms with Gasteiger partial charge in [0.25, 0.3) is 0 Å². The number of anilines is 1. The number of hydrogen-bond donors (Lipinski definition) is 2. The fourth-order valence-electron chi connectivity index (χ4n) is 8.37. The highest BCUT2D eigenvalue weighted by Crippen LogP contribution is 2.53. The molecule has 0 amide bonds. The van der Waals surface area contributed by atoms with Crippen molar-refractivity contribution < 1.29 is 14.7 Å². The third-order valence-electron chi connectivity index (χ3n) is 10.9. The van der Waals surface area contributed by atoms with Crippen molar-refractivity contribution in [3.8, 4) is 0 Å². The first-order valence-corrected chi connectivity index (χ1v) is 18.5. The quantitative estimate of drug-likeness (QED) is 0.205. The monoisotopic (exact) mass is 687 g/mol. The summed E-state index contributed by atoms with van der Waals surface area (Å²) >= 11 is 6.06. The number of hydrogen-bond acceptors (Lipinski definition) is 5. The van der Waals surface area contributed by atoms with E-state index < -0.39 is 11.4 Å². The third-order valence-corrected chi connectivity index (χ3v) is 11.2. The molecule has 7 heteroatoms. The molecule has 0 spiro atoms. The predicted octanol–water partition coefficient (Wildman–Crippen LogP) is 10.6. The summed E-state index contributed by atoms with van der Waals surface area (Å²) in [6, 6.07) is 12.8. The number of aryl methyl sites for hydroxylation is 3. The molecule has 49 heavy (non-hydrogen) atoms. The summed E-state index contributed by atoms with van der Waals surface area (Å²) in [7, 11) is 0. The van der Waals surface area contributed by atoms with E-state index in [4.69, 9.17) is 22.4 Å². The number of benzene rings is 2. The zero-order valence-electron chi connectivity index (χ0n) is 31.0. The van der Waals surface area contributed by atoms with E-state index >= 15 is 0 Å². The van der Waals surface area contributed by atoms with Crippen molar-refractivity contribution in [1.29, 1.82) is 0 Å². The van der Waals surface area contributed by atoms with Crippen LogP contribution in [-0.4, -0.2) is 27.3 Å². The van der Waals surface area contributed by atoms with E-state index in [2.05, 4.69) is 37.3 Å². The highest BCUT2D eigenvalue weighted by molar-refractivity contribution is 6.30. The molecule has 266 valence electrons. The van der Waals surface area contributed by atoms with Crippen molar-refractivity contribution in [1.82, 2.24) is 9.97 Å². The molecule has 3 atom stereocenters. The minimum absolute atomic E-state index is 0.0443. The second-order valence-corrected chi connectivity index (χ2v) is 14.8. The Balaban J connectivity index is 0.000000336. The molecular formula is C42H58ClN3O3. The molecule has 2 saturated carbocycles. The van der Waals surface area contributed by atoms with Gasteiger partial charge in [0.15, 0.2) is 5.82 Å². The third kappa shape index (κ3) is 9.60. The van der Waals surface area contributed by atoms with E-state index in [1.807, 2.05) is 57.2 Å². The van der Waals surface area contributed by atoms with E-state index in [0.29, 0.717) is 34.1 Å². The summed E-state index contributed by atoms with van der Waals surface area (Å²) in [5, 5.41) is 9.51. The maximum atomic E-state index is 12.3. The fraction of sp³-hybridized carbons (Fsp3) is 0.524. The summed E-state index contributed by atoms with van der Waals surface area (Å²) in [5.41, 5.74) is 11.2. The largest absolute Gasteiger partial charge is 0.481 e. The number of nitrogen functional groups attached to an aromatic ring is 1. The standard InChI is InChI=1S/C26H26ClN3O3.C14H26.C2H6/c1-15-13-20(27)10-11-21(15)16(2)25-29-17(3)23(24(28)30-25)26(4,14-31)19-8-5-18(6-9-19)7-12-22(32)33;1-4-14(5-2)9-12-6-11(3)7-13(8-12)10-14;1-2/h5-6,8-11,13-14H,2,7,12H2,1,3-4H3,(H,32,33)(H2,28,29,30);11-13H,4-10H2,1-3H3;1-2H3/t26-;;/m0../s1. The van der Waals surface area contributed by atoms with Gasteiger partial charge in [-0.2, -0.15) is 0 Å². The van der Waals surface area contributed by atoms with E-state index in [9.17, 15) is 9.59 Å². The average molecular weight is 688 g/mol. The number of fused-ring (bicyclic) bond motifs is 2. The van der Waals surface area contributed by atoms with Crippen molar-refractivity contribution in [2.24, 2.45) is 23.2 Å². The number of nitrogens with two attached hydrogens (primary N) is 1. The lowest BCUT2D eigenvalue weighted by atomic mass is 9.57. The fourth-order valence-corrected chi connectivity index (χ4v) is 8.59. The first kappa shape index (κ1) is 39.9.